The second-order valence-electron chi connectivity index (χ2n) is 5.71. The molecule has 5 heteroatoms. The summed E-state index contributed by atoms with van der Waals surface area (Å²) < 4.78 is 0. The van der Waals surface area contributed by atoms with Crippen molar-refractivity contribution in [3.05, 3.63) is 12.3 Å². The Kier molecular flexibility index (Phi) is 2.86. The van der Waals surface area contributed by atoms with E-state index in [2.05, 4.69) is 20.2 Å². The largest absolute Gasteiger partial charge is 0.356 e. The molecule has 2 aliphatic heterocycles. The Morgan fingerprint density at radius 1 is 1.39 bits per heavy atom. The van der Waals surface area contributed by atoms with Gasteiger partial charge in [0.25, 0.3) is 0 Å². The Hall–Kier alpha value is -1.36. The first-order chi connectivity index (χ1) is 8.69. The molecule has 0 saturated carbocycles. The van der Waals surface area contributed by atoms with Gasteiger partial charge in [-0.1, -0.05) is 0 Å². The van der Waals surface area contributed by atoms with E-state index in [0.29, 0.717) is 5.41 Å². The van der Waals surface area contributed by atoms with Crippen molar-refractivity contribution >= 4 is 11.8 Å². The first-order valence-corrected chi connectivity index (χ1v) is 6.65. The molecule has 2 saturated heterocycles. The van der Waals surface area contributed by atoms with Crippen molar-refractivity contribution in [1.82, 2.24) is 15.3 Å². The van der Waals surface area contributed by atoms with E-state index in [1.165, 1.54) is 19.4 Å². The second kappa shape index (κ2) is 4.39. The van der Waals surface area contributed by atoms with Gasteiger partial charge in [-0.05, 0) is 25.5 Å². The van der Waals surface area contributed by atoms with Gasteiger partial charge in [-0.15, -0.1) is 0 Å². The van der Waals surface area contributed by atoms with Gasteiger partial charge in [0.05, 0.1) is 0 Å². The quantitative estimate of drug-likeness (QED) is 0.835. The molecular formula is C13H21N5. The lowest BCUT2D eigenvalue weighted by Gasteiger charge is -2.23. The van der Waals surface area contributed by atoms with Crippen LogP contribution in [0.5, 0.6) is 0 Å². The van der Waals surface area contributed by atoms with Crippen LogP contribution in [0.3, 0.4) is 0 Å². The molecule has 98 valence electrons. The van der Waals surface area contributed by atoms with Crippen LogP contribution in [-0.2, 0) is 0 Å². The highest BCUT2D eigenvalue weighted by Gasteiger charge is 2.40. The summed E-state index contributed by atoms with van der Waals surface area (Å²) in [4.78, 5) is 13.3. The van der Waals surface area contributed by atoms with E-state index in [1.807, 2.05) is 31.3 Å². The number of hydrogen-bond acceptors (Lipinski definition) is 5. The van der Waals surface area contributed by atoms with Crippen molar-refractivity contribution in [1.29, 1.82) is 0 Å². The molecule has 1 spiro atoms. The molecule has 2 aliphatic rings. The van der Waals surface area contributed by atoms with Crippen molar-refractivity contribution < 1.29 is 0 Å². The van der Waals surface area contributed by atoms with E-state index in [4.69, 9.17) is 0 Å². The van der Waals surface area contributed by atoms with Crippen LogP contribution in [0.15, 0.2) is 12.3 Å². The van der Waals surface area contributed by atoms with Crippen LogP contribution in [0.1, 0.15) is 12.8 Å². The number of anilines is 2. The van der Waals surface area contributed by atoms with E-state index in [-0.39, 0.29) is 0 Å². The molecule has 5 nitrogen and oxygen atoms in total. The Bertz CT molecular complexity index is 425. The molecule has 0 radical (unpaired) electrons. The van der Waals surface area contributed by atoms with Gasteiger partial charge in [-0.25, -0.2) is 4.98 Å². The summed E-state index contributed by atoms with van der Waals surface area (Å²) in [5.74, 6) is 1.86. The van der Waals surface area contributed by atoms with E-state index < -0.39 is 0 Å². The minimum absolute atomic E-state index is 0.489. The number of nitrogens with zero attached hydrogens (tertiary/aromatic N) is 4. The molecular weight excluding hydrogens is 226 g/mol. The molecule has 0 aromatic carbocycles. The molecule has 3 heterocycles. The maximum absolute atomic E-state index is 4.63. The highest BCUT2D eigenvalue weighted by molar-refractivity contribution is 5.44. The van der Waals surface area contributed by atoms with Crippen molar-refractivity contribution in [3.8, 4) is 0 Å². The predicted octanol–water partition coefficient (Wildman–Crippen LogP) is 0.732. The third-order valence-corrected chi connectivity index (χ3v) is 4.12. The van der Waals surface area contributed by atoms with Crippen molar-refractivity contribution in [2.45, 2.75) is 12.8 Å². The molecule has 1 unspecified atom stereocenters. The minimum Gasteiger partial charge on any atom is -0.356 e. The lowest BCUT2D eigenvalue weighted by atomic mass is 9.87. The molecule has 0 bridgehead atoms. The van der Waals surface area contributed by atoms with Crippen molar-refractivity contribution in [3.63, 3.8) is 0 Å². The van der Waals surface area contributed by atoms with Gasteiger partial charge < -0.3 is 15.1 Å². The monoisotopic (exact) mass is 247 g/mol. The molecule has 3 rings (SSSR count). The van der Waals surface area contributed by atoms with Crippen LogP contribution in [0.2, 0.25) is 0 Å². The Morgan fingerprint density at radius 3 is 3.00 bits per heavy atom. The summed E-state index contributed by atoms with van der Waals surface area (Å²) in [6, 6.07) is 2.02. The molecule has 2 fully saturated rings. The Morgan fingerprint density at radius 2 is 2.28 bits per heavy atom. The average molecular weight is 247 g/mol. The Balaban J connectivity index is 1.78. The fourth-order valence-corrected chi connectivity index (χ4v) is 3.01. The van der Waals surface area contributed by atoms with Gasteiger partial charge >= 0.3 is 0 Å². The van der Waals surface area contributed by atoms with Crippen LogP contribution in [0, 0.1) is 5.41 Å². The number of hydrogen-bond donors (Lipinski definition) is 1. The first-order valence-electron chi connectivity index (χ1n) is 6.65. The summed E-state index contributed by atoms with van der Waals surface area (Å²) in [6.07, 6.45) is 4.44. The topological polar surface area (TPSA) is 44.3 Å². The van der Waals surface area contributed by atoms with Gasteiger partial charge in [0.1, 0.15) is 5.82 Å². The highest BCUT2D eigenvalue weighted by Crippen LogP contribution is 2.37. The maximum Gasteiger partial charge on any atom is 0.226 e. The standard InChI is InChI=1S/C13H21N5/c1-17(2)12-15-6-3-11(16-12)18-8-5-13(10-18)4-7-14-9-13/h3,6,14H,4-5,7-10H2,1-2H3. The number of nitrogens with one attached hydrogen (secondary N) is 1. The minimum atomic E-state index is 0.489. The van der Waals surface area contributed by atoms with E-state index in [0.717, 1.165) is 31.4 Å². The molecule has 0 amide bonds. The maximum atomic E-state index is 4.63. The molecule has 0 aliphatic carbocycles. The zero-order valence-corrected chi connectivity index (χ0v) is 11.2. The van der Waals surface area contributed by atoms with Crippen LogP contribution < -0.4 is 15.1 Å². The fraction of sp³-hybridized carbons (Fsp3) is 0.692. The van der Waals surface area contributed by atoms with Crippen molar-refractivity contribution in [2.24, 2.45) is 5.41 Å². The van der Waals surface area contributed by atoms with Crippen molar-refractivity contribution in [2.75, 3.05) is 50.1 Å². The van der Waals surface area contributed by atoms with Crippen LogP contribution in [0.4, 0.5) is 11.8 Å². The third-order valence-electron chi connectivity index (χ3n) is 4.12. The lowest BCUT2D eigenvalue weighted by Crippen LogP contribution is -2.29. The highest BCUT2D eigenvalue weighted by atomic mass is 15.3. The third kappa shape index (κ3) is 2.03. The summed E-state index contributed by atoms with van der Waals surface area (Å²) in [5.41, 5.74) is 0.489. The Labute approximate surface area is 108 Å². The average Bonchev–Trinajstić information content (AvgIpc) is 3.01. The molecule has 1 aromatic heterocycles. The molecule has 1 N–H and O–H groups in total. The SMILES string of the molecule is CN(C)c1nccc(N2CCC3(CCNC3)C2)n1. The normalized spacial score (nSPS) is 27.1. The zero-order chi connectivity index (χ0) is 12.6. The smallest absolute Gasteiger partial charge is 0.226 e. The zero-order valence-electron chi connectivity index (χ0n) is 11.2. The van der Waals surface area contributed by atoms with Gasteiger partial charge in [0.15, 0.2) is 0 Å². The van der Waals surface area contributed by atoms with E-state index >= 15 is 0 Å². The summed E-state index contributed by atoms with van der Waals surface area (Å²) in [7, 11) is 3.96. The van der Waals surface area contributed by atoms with E-state index in [1.54, 1.807) is 0 Å². The fourth-order valence-electron chi connectivity index (χ4n) is 3.01. The lowest BCUT2D eigenvalue weighted by molar-refractivity contribution is 0.369. The molecule has 1 atom stereocenters. The van der Waals surface area contributed by atoms with Gasteiger partial charge in [-0.2, -0.15) is 4.98 Å². The summed E-state index contributed by atoms with van der Waals surface area (Å²) in [6.45, 7) is 4.57. The van der Waals surface area contributed by atoms with Gasteiger partial charge in [0.2, 0.25) is 5.95 Å². The molecule has 18 heavy (non-hydrogen) atoms. The van der Waals surface area contributed by atoms with Crippen LogP contribution >= 0.6 is 0 Å². The summed E-state index contributed by atoms with van der Waals surface area (Å²) >= 11 is 0. The number of rotatable bonds is 2. The van der Waals surface area contributed by atoms with Crippen LogP contribution in [0.25, 0.3) is 0 Å². The number of aromatic nitrogens is 2. The summed E-state index contributed by atoms with van der Waals surface area (Å²) in [5, 5.41) is 3.49. The van der Waals surface area contributed by atoms with Crippen LogP contribution in [-0.4, -0.2) is 50.2 Å². The van der Waals surface area contributed by atoms with Gasteiger partial charge in [-0.3, -0.25) is 0 Å². The second-order valence-corrected chi connectivity index (χ2v) is 5.71. The first kappa shape index (κ1) is 11.7. The van der Waals surface area contributed by atoms with Gasteiger partial charge in [0, 0.05) is 45.3 Å². The molecule has 1 aromatic rings. The van der Waals surface area contributed by atoms with E-state index in [9.17, 15) is 0 Å². The predicted molar refractivity (Wildman–Crippen MR) is 73.1 cm³/mol.